The van der Waals surface area contributed by atoms with Crippen LogP contribution in [0.5, 0.6) is 0 Å². The summed E-state index contributed by atoms with van der Waals surface area (Å²) in [6.45, 7) is 0. The first-order valence-electron chi connectivity index (χ1n) is 4.49. The number of rotatable bonds is 2. The van der Waals surface area contributed by atoms with E-state index >= 15 is 0 Å². The standard InChI is InChI=1S/C10H11N3O2/c1-13-8-3-2-6(9(11)10(14)15)4-7(8)5-12-13/h2-5,9H,11H2,1H3,(H,14,15). The minimum Gasteiger partial charge on any atom is -0.480 e. The summed E-state index contributed by atoms with van der Waals surface area (Å²) in [6.07, 6.45) is 1.69. The molecule has 0 spiro atoms. The van der Waals surface area contributed by atoms with E-state index in [1.54, 1.807) is 23.0 Å². The number of aliphatic carboxylic acids is 1. The molecular weight excluding hydrogens is 194 g/mol. The molecule has 78 valence electrons. The topological polar surface area (TPSA) is 81.1 Å². The minimum absolute atomic E-state index is 0.586. The first-order valence-corrected chi connectivity index (χ1v) is 4.49. The number of nitrogens with two attached hydrogens (primary N) is 1. The second-order valence-corrected chi connectivity index (χ2v) is 3.40. The highest BCUT2D eigenvalue weighted by Gasteiger charge is 2.14. The fourth-order valence-corrected chi connectivity index (χ4v) is 1.52. The van der Waals surface area contributed by atoms with Gasteiger partial charge in [-0.2, -0.15) is 5.10 Å². The molecule has 0 bridgehead atoms. The summed E-state index contributed by atoms with van der Waals surface area (Å²) in [4.78, 5) is 10.7. The second-order valence-electron chi connectivity index (χ2n) is 3.40. The highest BCUT2D eigenvalue weighted by molar-refractivity contribution is 5.82. The number of benzene rings is 1. The van der Waals surface area contributed by atoms with Gasteiger partial charge < -0.3 is 10.8 Å². The summed E-state index contributed by atoms with van der Waals surface area (Å²) < 4.78 is 1.73. The molecule has 1 atom stereocenters. The number of carbonyl (C=O) groups is 1. The Morgan fingerprint density at radius 2 is 2.33 bits per heavy atom. The number of aromatic nitrogens is 2. The van der Waals surface area contributed by atoms with Crippen LogP contribution in [0, 0.1) is 0 Å². The summed E-state index contributed by atoms with van der Waals surface area (Å²) in [5, 5.41) is 13.7. The quantitative estimate of drug-likeness (QED) is 0.754. The molecule has 1 unspecified atom stereocenters. The van der Waals surface area contributed by atoms with Crippen LogP contribution in [0.3, 0.4) is 0 Å². The summed E-state index contributed by atoms with van der Waals surface area (Å²) in [5.41, 5.74) is 7.05. The summed E-state index contributed by atoms with van der Waals surface area (Å²) in [6, 6.07) is 4.30. The first-order chi connectivity index (χ1) is 7.09. The molecular formula is C10H11N3O2. The van der Waals surface area contributed by atoms with Gasteiger partial charge in [0.25, 0.3) is 0 Å². The molecule has 0 aliphatic carbocycles. The normalized spacial score (nSPS) is 12.9. The molecule has 5 heteroatoms. The Morgan fingerprint density at radius 1 is 1.60 bits per heavy atom. The molecule has 5 nitrogen and oxygen atoms in total. The average Bonchev–Trinajstić information content (AvgIpc) is 2.59. The van der Waals surface area contributed by atoms with Gasteiger partial charge in [0.2, 0.25) is 0 Å². The van der Waals surface area contributed by atoms with Crippen LogP contribution < -0.4 is 5.73 Å². The lowest BCUT2D eigenvalue weighted by atomic mass is 10.1. The van der Waals surface area contributed by atoms with Crippen molar-refractivity contribution in [2.45, 2.75) is 6.04 Å². The van der Waals surface area contributed by atoms with E-state index in [0.29, 0.717) is 5.56 Å². The largest absolute Gasteiger partial charge is 0.480 e. The molecule has 1 aromatic carbocycles. The predicted octanol–water partition coefficient (Wildman–Crippen LogP) is 0.658. The van der Waals surface area contributed by atoms with Gasteiger partial charge in [0, 0.05) is 12.4 Å². The zero-order valence-electron chi connectivity index (χ0n) is 8.21. The Bertz CT molecular complexity index is 518. The maximum absolute atomic E-state index is 10.7. The molecule has 1 aromatic heterocycles. The number of nitrogens with zero attached hydrogens (tertiary/aromatic N) is 2. The summed E-state index contributed by atoms with van der Waals surface area (Å²) in [5.74, 6) is -1.03. The molecule has 0 aliphatic rings. The minimum atomic E-state index is -1.03. The van der Waals surface area contributed by atoms with Crippen molar-refractivity contribution in [3.8, 4) is 0 Å². The van der Waals surface area contributed by atoms with E-state index in [4.69, 9.17) is 10.8 Å². The van der Waals surface area contributed by atoms with Crippen LogP contribution in [-0.2, 0) is 11.8 Å². The Kier molecular flexibility index (Phi) is 2.17. The van der Waals surface area contributed by atoms with E-state index in [0.717, 1.165) is 10.9 Å². The molecule has 0 saturated heterocycles. The third-order valence-corrected chi connectivity index (χ3v) is 2.40. The van der Waals surface area contributed by atoms with Gasteiger partial charge in [0.05, 0.1) is 11.7 Å². The van der Waals surface area contributed by atoms with Crippen molar-refractivity contribution >= 4 is 16.9 Å². The highest BCUT2D eigenvalue weighted by atomic mass is 16.4. The van der Waals surface area contributed by atoms with Crippen molar-refractivity contribution < 1.29 is 9.90 Å². The molecule has 1 heterocycles. The maximum atomic E-state index is 10.7. The molecule has 2 rings (SSSR count). The van der Waals surface area contributed by atoms with Crippen LogP contribution >= 0.6 is 0 Å². The van der Waals surface area contributed by atoms with E-state index in [9.17, 15) is 4.79 Å². The Labute approximate surface area is 86.1 Å². The number of aryl methyl sites for hydroxylation is 1. The Balaban J connectivity index is 2.52. The van der Waals surface area contributed by atoms with Crippen molar-refractivity contribution in [3.05, 3.63) is 30.0 Å². The second kappa shape index (κ2) is 3.36. The zero-order valence-corrected chi connectivity index (χ0v) is 8.21. The molecule has 0 amide bonds. The number of carboxylic acids is 1. The number of carboxylic acid groups (broad SMARTS) is 1. The lowest BCUT2D eigenvalue weighted by Crippen LogP contribution is -2.20. The SMILES string of the molecule is Cn1ncc2cc(C(N)C(=O)O)ccc21. The van der Waals surface area contributed by atoms with E-state index in [-0.39, 0.29) is 0 Å². The van der Waals surface area contributed by atoms with E-state index < -0.39 is 12.0 Å². The van der Waals surface area contributed by atoms with E-state index in [2.05, 4.69) is 5.10 Å². The molecule has 0 fully saturated rings. The van der Waals surface area contributed by atoms with Crippen molar-refractivity contribution in [2.24, 2.45) is 12.8 Å². The van der Waals surface area contributed by atoms with Crippen LogP contribution in [0.15, 0.2) is 24.4 Å². The van der Waals surface area contributed by atoms with Crippen LogP contribution in [0.1, 0.15) is 11.6 Å². The van der Waals surface area contributed by atoms with Gasteiger partial charge in [-0.1, -0.05) is 6.07 Å². The molecule has 0 saturated carbocycles. The van der Waals surface area contributed by atoms with Gasteiger partial charge >= 0.3 is 5.97 Å². The monoisotopic (exact) mass is 205 g/mol. The van der Waals surface area contributed by atoms with Gasteiger partial charge in [-0.3, -0.25) is 9.48 Å². The first kappa shape index (κ1) is 9.67. The molecule has 15 heavy (non-hydrogen) atoms. The Hall–Kier alpha value is -1.88. The smallest absolute Gasteiger partial charge is 0.325 e. The lowest BCUT2D eigenvalue weighted by molar-refractivity contribution is -0.138. The number of fused-ring (bicyclic) bond motifs is 1. The van der Waals surface area contributed by atoms with Crippen molar-refractivity contribution in [2.75, 3.05) is 0 Å². The number of hydrogen-bond acceptors (Lipinski definition) is 3. The molecule has 3 N–H and O–H groups in total. The van der Waals surface area contributed by atoms with E-state index in [1.807, 2.05) is 13.1 Å². The average molecular weight is 205 g/mol. The van der Waals surface area contributed by atoms with Gasteiger partial charge in [0.15, 0.2) is 0 Å². The van der Waals surface area contributed by atoms with Crippen molar-refractivity contribution in [1.29, 1.82) is 0 Å². The molecule has 2 aromatic rings. The van der Waals surface area contributed by atoms with Crippen LogP contribution in [0.4, 0.5) is 0 Å². The zero-order chi connectivity index (χ0) is 11.0. The fourth-order valence-electron chi connectivity index (χ4n) is 1.52. The van der Waals surface area contributed by atoms with Gasteiger partial charge in [-0.25, -0.2) is 0 Å². The predicted molar refractivity (Wildman–Crippen MR) is 55.3 cm³/mol. The summed E-state index contributed by atoms with van der Waals surface area (Å²) >= 11 is 0. The van der Waals surface area contributed by atoms with Crippen molar-refractivity contribution in [3.63, 3.8) is 0 Å². The fraction of sp³-hybridized carbons (Fsp3) is 0.200. The van der Waals surface area contributed by atoms with Gasteiger partial charge in [0.1, 0.15) is 6.04 Å². The maximum Gasteiger partial charge on any atom is 0.325 e. The highest BCUT2D eigenvalue weighted by Crippen LogP contribution is 2.18. The third-order valence-electron chi connectivity index (χ3n) is 2.40. The van der Waals surface area contributed by atoms with Gasteiger partial charge in [-0.05, 0) is 17.7 Å². The van der Waals surface area contributed by atoms with E-state index in [1.165, 1.54) is 0 Å². The lowest BCUT2D eigenvalue weighted by Gasteiger charge is -2.06. The van der Waals surface area contributed by atoms with Crippen LogP contribution in [0.25, 0.3) is 10.9 Å². The van der Waals surface area contributed by atoms with Crippen molar-refractivity contribution in [1.82, 2.24) is 9.78 Å². The van der Waals surface area contributed by atoms with Crippen LogP contribution in [-0.4, -0.2) is 20.9 Å². The summed E-state index contributed by atoms with van der Waals surface area (Å²) in [7, 11) is 1.83. The number of hydrogen-bond donors (Lipinski definition) is 2. The molecule has 0 aliphatic heterocycles. The molecule has 0 radical (unpaired) electrons. The van der Waals surface area contributed by atoms with Crippen LogP contribution in [0.2, 0.25) is 0 Å². The third kappa shape index (κ3) is 1.57. The van der Waals surface area contributed by atoms with Gasteiger partial charge in [-0.15, -0.1) is 0 Å². The Morgan fingerprint density at radius 3 is 3.00 bits per heavy atom.